The predicted octanol–water partition coefficient (Wildman–Crippen LogP) is 2.50. The first-order valence-electron chi connectivity index (χ1n) is 17.8. The van der Waals surface area contributed by atoms with E-state index in [-0.39, 0.29) is 48.4 Å². The van der Waals surface area contributed by atoms with Crippen molar-refractivity contribution in [3.8, 4) is 5.75 Å². The number of phenolic OH excluding ortho intramolecular Hbond substituents is 1. The lowest BCUT2D eigenvalue weighted by atomic mass is 9.95. The average molecular weight is 758 g/mol. The van der Waals surface area contributed by atoms with Crippen molar-refractivity contribution in [2.24, 2.45) is 11.8 Å². The van der Waals surface area contributed by atoms with Gasteiger partial charge in [0.05, 0.1) is 24.1 Å². The summed E-state index contributed by atoms with van der Waals surface area (Å²) in [7, 11) is 0. The van der Waals surface area contributed by atoms with Crippen LogP contribution in [0, 0.1) is 11.8 Å². The summed E-state index contributed by atoms with van der Waals surface area (Å²) in [6.07, 6.45) is 1.29. The van der Waals surface area contributed by atoms with E-state index in [0.29, 0.717) is 29.7 Å². The van der Waals surface area contributed by atoms with E-state index >= 15 is 0 Å². The molecule has 0 aliphatic rings. The van der Waals surface area contributed by atoms with E-state index in [9.17, 15) is 44.1 Å². The molecule has 5 amide bonds. The van der Waals surface area contributed by atoms with Crippen molar-refractivity contribution >= 4 is 47.3 Å². The summed E-state index contributed by atoms with van der Waals surface area (Å²) >= 11 is 1.49. The quantitative estimate of drug-likeness (QED) is 0.0877. The molecule has 15 heteroatoms. The molecule has 2 rings (SSSR count). The Hall–Kier alpha value is -4.63. The second-order valence-electron chi connectivity index (χ2n) is 13.6. The Kier molecular flexibility index (Phi) is 18.9. The molecule has 0 saturated heterocycles. The molecule has 0 spiro atoms. The first kappa shape index (κ1) is 44.5. The summed E-state index contributed by atoms with van der Waals surface area (Å²) in [4.78, 5) is 77.0. The Bertz CT molecular complexity index is 1540. The zero-order chi connectivity index (χ0) is 39.7. The molecule has 8 N–H and O–H groups in total. The molecular formula is C38H55N5O9S. The first-order valence-corrected chi connectivity index (χ1v) is 19.2. The Morgan fingerprint density at radius 2 is 1.51 bits per heavy atom. The number of thioether (sulfide) groups is 1. The molecule has 14 nitrogen and oxygen atoms in total. The number of aliphatic hydroxyl groups is 1. The number of nitrogens with one attached hydrogen (secondary N) is 5. The van der Waals surface area contributed by atoms with E-state index in [1.807, 2.05) is 34.0 Å². The van der Waals surface area contributed by atoms with Gasteiger partial charge < -0.3 is 41.9 Å². The molecule has 53 heavy (non-hydrogen) atoms. The van der Waals surface area contributed by atoms with Crippen molar-refractivity contribution in [2.75, 3.05) is 12.0 Å². The van der Waals surface area contributed by atoms with E-state index in [2.05, 4.69) is 26.6 Å². The number of amides is 5. The van der Waals surface area contributed by atoms with Gasteiger partial charge in [0.1, 0.15) is 23.9 Å². The van der Waals surface area contributed by atoms with Gasteiger partial charge in [0.2, 0.25) is 29.5 Å². The summed E-state index contributed by atoms with van der Waals surface area (Å²) in [6.45, 7) is 8.82. The smallest absolute Gasteiger partial charge is 0.335 e. The molecule has 1 unspecified atom stereocenters. The lowest BCUT2D eigenvalue weighted by Crippen LogP contribution is -2.57. The molecule has 0 aromatic heterocycles. The summed E-state index contributed by atoms with van der Waals surface area (Å²) in [5.74, 6) is -3.37. The Labute approximate surface area is 315 Å². The van der Waals surface area contributed by atoms with Crippen LogP contribution in [0.2, 0.25) is 0 Å². The maximum atomic E-state index is 13.7. The first-order chi connectivity index (χ1) is 25.0. The van der Waals surface area contributed by atoms with Crippen LogP contribution in [0.15, 0.2) is 48.5 Å². The number of hydrogen-bond acceptors (Lipinski definition) is 9. The van der Waals surface area contributed by atoms with Gasteiger partial charge in [0.15, 0.2) is 0 Å². The molecule has 292 valence electrons. The van der Waals surface area contributed by atoms with E-state index in [1.165, 1.54) is 43.0 Å². The van der Waals surface area contributed by atoms with E-state index < -0.39 is 66.3 Å². The van der Waals surface area contributed by atoms with Gasteiger partial charge >= 0.3 is 5.97 Å². The maximum absolute atomic E-state index is 13.7. The average Bonchev–Trinajstić information content (AvgIpc) is 3.10. The molecule has 2 aromatic carbocycles. The Morgan fingerprint density at radius 3 is 2.09 bits per heavy atom. The monoisotopic (exact) mass is 757 g/mol. The van der Waals surface area contributed by atoms with Gasteiger partial charge in [-0.1, -0.05) is 58.4 Å². The number of aromatic hydroxyl groups is 1. The topological polar surface area (TPSA) is 223 Å². The van der Waals surface area contributed by atoms with Gasteiger partial charge in [-0.05, 0) is 72.1 Å². The third kappa shape index (κ3) is 15.9. The van der Waals surface area contributed by atoms with Crippen LogP contribution in [-0.2, 0) is 36.9 Å². The number of aromatic carboxylic acids is 1. The second kappa shape index (κ2) is 22.4. The predicted molar refractivity (Wildman–Crippen MR) is 203 cm³/mol. The summed E-state index contributed by atoms with van der Waals surface area (Å²) in [6, 6.07) is 8.39. The van der Waals surface area contributed by atoms with Crippen LogP contribution >= 0.6 is 11.8 Å². The van der Waals surface area contributed by atoms with Crippen molar-refractivity contribution in [1.29, 1.82) is 0 Å². The van der Waals surface area contributed by atoms with Gasteiger partial charge in [-0.3, -0.25) is 24.0 Å². The minimum Gasteiger partial charge on any atom is -0.508 e. The third-order valence-corrected chi connectivity index (χ3v) is 9.32. The van der Waals surface area contributed by atoms with Crippen LogP contribution in [0.3, 0.4) is 0 Å². The molecule has 6 atom stereocenters. The minimum atomic E-state index is -1.36. The number of hydrogen-bond donors (Lipinski definition) is 8. The van der Waals surface area contributed by atoms with Crippen LogP contribution in [0.5, 0.6) is 5.75 Å². The molecule has 0 saturated carbocycles. The number of rotatable bonds is 22. The van der Waals surface area contributed by atoms with Gasteiger partial charge in [0.25, 0.3) is 0 Å². The normalized spacial score (nSPS) is 14.5. The maximum Gasteiger partial charge on any atom is 0.335 e. The van der Waals surface area contributed by atoms with Gasteiger partial charge in [-0.15, -0.1) is 0 Å². The van der Waals surface area contributed by atoms with Crippen molar-refractivity contribution in [3.05, 3.63) is 65.2 Å². The highest BCUT2D eigenvalue weighted by Gasteiger charge is 2.32. The van der Waals surface area contributed by atoms with Gasteiger partial charge in [0, 0.05) is 19.9 Å². The highest BCUT2D eigenvalue weighted by atomic mass is 32.2. The summed E-state index contributed by atoms with van der Waals surface area (Å²) < 4.78 is 0. The number of benzene rings is 2. The summed E-state index contributed by atoms with van der Waals surface area (Å²) in [5.41, 5.74) is 1.23. The van der Waals surface area contributed by atoms with E-state index in [1.54, 1.807) is 24.3 Å². The zero-order valence-corrected chi connectivity index (χ0v) is 32.1. The molecular weight excluding hydrogens is 703 g/mol. The lowest BCUT2D eigenvalue weighted by Gasteiger charge is -2.30. The molecule has 0 aliphatic carbocycles. The zero-order valence-electron chi connectivity index (χ0n) is 31.3. The second-order valence-corrected chi connectivity index (χ2v) is 14.6. The molecule has 0 radical (unpaired) electrons. The van der Waals surface area contributed by atoms with Crippen LogP contribution in [0.1, 0.15) is 81.8 Å². The van der Waals surface area contributed by atoms with E-state index in [4.69, 9.17) is 0 Å². The van der Waals surface area contributed by atoms with Crippen LogP contribution in [0.25, 0.3) is 0 Å². The third-order valence-electron chi connectivity index (χ3n) is 8.68. The molecule has 0 aliphatic heterocycles. The van der Waals surface area contributed by atoms with Crippen molar-refractivity contribution < 1.29 is 44.1 Å². The number of phenols is 1. The van der Waals surface area contributed by atoms with Crippen molar-refractivity contribution in [2.45, 2.75) is 104 Å². The lowest BCUT2D eigenvalue weighted by molar-refractivity contribution is -0.133. The fourth-order valence-corrected chi connectivity index (χ4v) is 6.05. The fourth-order valence-electron chi connectivity index (χ4n) is 5.58. The molecule has 0 bridgehead atoms. The number of aliphatic hydroxyl groups excluding tert-OH is 1. The standard InChI is InChI=1S/C38H55N5O9S/c1-7-23(4)34(40-24(5)44)37(50)42-29(15-16-53-6)36(49)43-30(17-22(2)3)32(46)20-33(47)41-31(19-25-11-13-28(45)14-12-25)35(48)39-21-26-9-8-10-27(18-26)38(51)52/h8-14,18,22-23,29-32,34,45-46H,7,15-17,19-21H2,1-6H3,(H,39,48)(H,40,44)(H,41,47)(H,42,50)(H,43,49)(H,51,52)/t23?,29-,30-,31-,32-,34-/m0/s1. The number of carboxylic acid groups (broad SMARTS) is 1. The number of carbonyl (C=O) groups excluding carboxylic acids is 5. The molecule has 0 fully saturated rings. The minimum absolute atomic E-state index is 0.000507. The summed E-state index contributed by atoms with van der Waals surface area (Å²) in [5, 5.41) is 44.0. The van der Waals surface area contributed by atoms with Crippen LogP contribution < -0.4 is 26.6 Å². The highest BCUT2D eigenvalue weighted by Crippen LogP contribution is 2.16. The molecule has 0 heterocycles. The number of carbonyl (C=O) groups is 6. The Morgan fingerprint density at radius 1 is 0.830 bits per heavy atom. The van der Waals surface area contributed by atoms with E-state index in [0.717, 1.165) is 0 Å². The van der Waals surface area contributed by atoms with Gasteiger partial charge in [-0.2, -0.15) is 11.8 Å². The van der Waals surface area contributed by atoms with Crippen molar-refractivity contribution in [3.63, 3.8) is 0 Å². The van der Waals surface area contributed by atoms with Gasteiger partial charge in [-0.25, -0.2) is 4.79 Å². The molecule has 2 aromatic rings. The largest absolute Gasteiger partial charge is 0.508 e. The van der Waals surface area contributed by atoms with Crippen LogP contribution in [-0.4, -0.2) is 93.1 Å². The van der Waals surface area contributed by atoms with Crippen molar-refractivity contribution in [1.82, 2.24) is 26.6 Å². The number of carboxylic acids is 1. The highest BCUT2D eigenvalue weighted by molar-refractivity contribution is 7.98. The Balaban J connectivity index is 2.22. The SMILES string of the molecule is CCC(C)[C@H](NC(C)=O)C(=O)N[C@@H](CCSC)C(=O)N[C@@H](CC(C)C)[C@@H](O)CC(=O)N[C@@H](Cc1ccc(O)cc1)C(=O)NCc1cccc(C(=O)O)c1. The fraction of sp³-hybridized carbons (Fsp3) is 0.526. The van der Waals surface area contributed by atoms with Crippen LogP contribution in [0.4, 0.5) is 0 Å².